The van der Waals surface area contributed by atoms with E-state index in [-0.39, 0.29) is 0 Å². The number of likely N-dealkylation sites (N-methyl/N-ethyl adjacent to an activating group) is 1. The molecule has 0 amide bonds. The molecule has 26 heavy (non-hydrogen) atoms. The minimum Gasteiger partial charge on any atom is -0.343 e. The zero-order chi connectivity index (χ0) is 18.3. The van der Waals surface area contributed by atoms with Crippen molar-refractivity contribution >= 4 is 16.9 Å². The first-order chi connectivity index (χ1) is 12.6. The van der Waals surface area contributed by atoms with Gasteiger partial charge in [0.15, 0.2) is 0 Å². The Hall–Kier alpha value is -3.00. The molecule has 0 aliphatic carbocycles. The average Bonchev–Trinajstić information content (AvgIpc) is 2.67. The van der Waals surface area contributed by atoms with E-state index in [4.69, 9.17) is 0 Å². The van der Waals surface area contributed by atoms with Gasteiger partial charge in [-0.3, -0.25) is 0 Å². The fourth-order valence-corrected chi connectivity index (χ4v) is 3.95. The first-order valence-electron chi connectivity index (χ1n) is 9.15. The highest BCUT2D eigenvalue weighted by Crippen LogP contribution is 2.47. The predicted molar refractivity (Wildman–Crippen MR) is 112 cm³/mol. The number of rotatable bonds is 3. The molecule has 2 aliphatic heterocycles. The number of hydrogen-bond acceptors (Lipinski definition) is 2. The normalized spacial score (nSPS) is 16.5. The Bertz CT molecular complexity index is 947. The molecule has 0 atom stereocenters. The highest BCUT2D eigenvalue weighted by molar-refractivity contribution is 5.96. The molecule has 2 aromatic carbocycles. The lowest BCUT2D eigenvalue weighted by molar-refractivity contribution is 0.846. The van der Waals surface area contributed by atoms with Crippen LogP contribution in [0.2, 0.25) is 0 Å². The number of nitrogens with zero attached hydrogens (tertiary/aromatic N) is 2. The van der Waals surface area contributed by atoms with Crippen LogP contribution in [0.4, 0.5) is 11.4 Å². The van der Waals surface area contributed by atoms with E-state index >= 15 is 0 Å². The van der Waals surface area contributed by atoms with E-state index in [1.165, 1.54) is 22.6 Å². The molecular formula is C24H24N2. The summed E-state index contributed by atoms with van der Waals surface area (Å²) in [5, 5.41) is 0. The maximum atomic E-state index is 4.49. The zero-order valence-electron chi connectivity index (χ0n) is 15.5. The van der Waals surface area contributed by atoms with Gasteiger partial charge in [-0.2, -0.15) is 0 Å². The van der Waals surface area contributed by atoms with E-state index in [2.05, 4.69) is 91.5 Å². The Kier molecular flexibility index (Phi) is 4.04. The summed E-state index contributed by atoms with van der Waals surface area (Å²) in [5.74, 6) is 0. The van der Waals surface area contributed by atoms with Gasteiger partial charge in [-0.1, -0.05) is 62.9 Å². The fraction of sp³-hybridized carbons (Fsp3) is 0.167. The van der Waals surface area contributed by atoms with Crippen LogP contribution in [0.5, 0.6) is 0 Å². The van der Waals surface area contributed by atoms with Gasteiger partial charge >= 0.3 is 0 Å². The Balaban J connectivity index is 1.89. The molecule has 130 valence electrons. The van der Waals surface area contributed by atoms with Crippen molar-refractivity contribution in [2.75, 3.05) is 16.8 Å². The van der Waals surface area contributed by atoms with Crippen LogP contribution >= 0.6 is 0 Å². The topological polar surface area (TPSA) is 6.48 Å². The highest BCUT2D eigenvalue weighted by atomic mass is 15.2. The SMILES string of the molecule is C=C1C2=C(C=C(CCC)N(c3ccccc3)C2=C)N(C)c2ccccc21. The Morgan fingerprint density at radius 2 is 1.62 bits per heavy atom. The summed E-state index contributed by atoms with van der Waals surface area (Å²) < 4.78 is 0. The van der Waals surface area contributed by atoms with Crippen LogP contribution in [0.25, 0.3) is 5.57 Å². The van der Waals surface area contributed by atoms with Gasteiger partial charge in [0.05, 0.1) is 5.70 Å². The molecule has 2 aliphatic rings. The molecule has 0 aromatic heterocycles. The smallest absolute Gasteiger partial charge is 0.0526 e. The minimum atomic E-state index is 1.00. The molecule has 0 fully saturated rings. The second-order valence-electron chi connectivity index (χ2n) is 6.82. The molecular weight excluding hydrogens is 316 g/mol. The maximum absolute atomic E-state index is 4.49. The number of hydrogen-bond donors (Lipinski definition) is 0. The van der Waals surface area contributed by atoms with Gasteiger partial charge in [0.1, 0.15) is 0 Å². The quantitative estimate of drug-likeness (QED) is 0.664. The molecule has 2 heteroatoms. The average molecular weight is 340 g/mol. The summed E-state index contributed by atoms with van der Waals surface area (Å²) in [5.41, 5.74) is 9.18. The summed E-state index contributed by atoms with van der Waals surface area (Å²) in [7, 11) is 2.13. The van der Waals surface area contributed by atoms with Gasteiger partial charge in [0, 0.05) is 41.0 Å². The second-order valence-corrected chi connectivity index (χ2v) is 6.82. The van der Waals surface area contributed by atoms with E-state index in [1.807, 2.05) is 6.07 Å². The summed E-state index contributed by atoms with van der Waals surface area (Å²) in [4.78, 5) is 4.55. The van der Waals surface area contributed by atoms with Crippen molar-refractivity contribution in [3.05, 3.63) is 102 Å². The van der Waals surface area contributed by atoms with Gasteiger partial charge in [0.25, 0.3) is 0 Å². The van der Waals surface area contributed by atoms with Crippen LogP contribution in [-0.4, -0.2) is 7.05 Å². The number of fused-ring (bicyclic) bond motifs is 1. The van der Waals surface area contributed by atoms with Gasteiger partial charge in [-0.25, -0.2) is 0 Å². The fourth-order valence-electron chi connectivity index (χ4n) is 3.95. The summed E-state index contributed by atoms with van der Waals surface area (Å²) in [6, 6.07) is 18.9. The zero-order valence-corrected chi connectivity index (χ0v) is 15.5. The maximum Gasteiger partial charge on any atom is 0.0526 e. The van der Waals surface area contributed by atoms with Crippen molar-refractivity contribution in [3.8, 4) is 0 Å². The largest absolute Gasteiger partial charge is 0.343 e. The number of anilines is 2. The molecule has 2 aromatic rings. The monoisotopic (exact) mass is 340 g/mol. The van der Waals surface area contributed by atoms with Crippen LogP contribution < -0.4 is 9.80 Å². The van der Waals surface area contributed by atoms with E-state index in [9.17, 15) is 0 Å². The molecule has 0 bridgehead atoms. The molecule has 2 heterocycles. The molecule has 0 spiro atoms. The lowest BCUT2D eigenvalue weighted by Gasteiger charge is -2.41. The third kappa shape index (κ3) is 2.41. The molecule has 0 saturated carbocycles. The summed E-state index contributed by atoms with van der Waals surface area (Å²) >= 11 is 0. The third-order valence-electron chi connectivity index (χ3n) is 5.18. The van der Waals surface area contributed by atoms with Crippen molar-refractivity contribution in [3.63, 3.8) is 0 Å². The van der Waals surface area contributed by atoms with E-state index in [1.54, 1.807) is 0 Å². The standard InChI is InChI=1S/C24H24N2/c1-5-11-20-16-23-24(18(3)26(20)19-12-7-6-8-13-19)17(2)21-14-9-10-15-22(21)25(23)4/h6-10,12-16H,2-3,5,11H2,1,4H3. The van der Waals surface area contributed by atoms with Gasteiger partial charge in [0.2, 0.25) is 0 Å². The molecule has 2 nitrogen and oxygen atoms in total. The van der Waals surface area contributed by atoms with Crippen molar-refractivity contribution in [2.45, 2.75) is 19.8 Å². The summed E-state index contributed by atoms with van der Waals surface area (Å²) in [6.45, 7) is 11.1. The molecule has 0 N–H and O–H groups in total. The van der Waals surface area contributed by atoms with Gasteiger partial charge < -0.3 is 9.80 Å². The first-order valence-corrected chi connectivity index (χ1v) is 9.15. The number of para-hydroxylation sites is 2. The third-order valence-corrected chi connectivity index (χ3v) is 5.18. The highest BCUT2D eigenvalue weighted by Gasteiger charge is 2.32. The van der Waals surface area contributed by atoms with Crippen LogP contribution in [0.3, 0.4) is 0 Å². The Morgan fingerprint density at radius 1 is 0.923 bits per heavy atom. The molecule has 4 rings (SSSR count). The minimum absolute atomic E-state index is 1.00. The Labute approximate surface area is 156 Å². The van der Waals surface area contributed by atoms with Crippen LogP contribution in [0.1, 0.15) is 25.3 Å². The lowest BCUT2D eigenvalue weighted by atomic mass is 9.86. The van der Waals surface area contributed by atoms with Crippen LogP contribution in [0.15, 0.2) is 96.5 Å². The van der Waals surface area contributed by atoms with Gasteiger partial charge in [-0.05, 0) is 36.3 Å². The first kappa shape index (κ1) is 16.5. The Morgan fingerprint density at radius 3 is 2.35 bits per heavy atom. The van der Waals surface area contributed by atoms with Crippen molar-refractivity contribution < 1.29 is 0 Å². The predicted octanol–water partition coefficient (Wildman–Crippen LogP) is 6.12. The molecule has 0 radical (unpaired) electrons. The van der Waals surface area contributed by atoms with E-state index in [0.29, 0.717) is 0 Å². The summed E-state index contributed by atoms with van der Waals surface area (Å²) in [6.07, 6.45) is 4.40. The van der Waals surface area contributed by atoms with Crippen molar-refractivity contribution in [1.29, 1.82) is 0 Å². The number of benzene rings is 2. The van der Waals surface area contributed by atoms with E-state index < -0.39 is 0 Å². The van der Waals surface area contributed by atoms with Crippen molar-refractivity contribution in [2.24, 2.45) is 0 Å². The van der Waals surface area contributed by atoms with E-state index in [0.717, 1.165) is 35.4 Å². The van der Waals surface area contributed by atoms with Crippen molar-refractivity contribution in [1.82, 2.24) is 0 Å². The van der Waals surface area contributed by atoms with Crippen LogP contribution in [-0.2, 0) is 0 Å². The number of allylic oxidation sites excluding steroid dienone is 3. The second kappa shape index (κ2) is 6.38. The van der Waals surface area contributed by atoms with Gasteiger partial charge in [-0.15, -0.1) is 0 Å². The molecule has 0 saturated heterocycles. The molecule has 0 unspecified atom stereocenters. The van der Waals surface area contributed by atoms with Crippen LogP contribution in [0, 0.1) is 0 Å². The lowest BCUT2D eigenvalue weighted by Crippen LogP contribution is -2.33.